The summed E-state index contributed by atoms with van der Waals surface area (Å²) in [5, 5.41) is 2.84. The van der Waals surface area contributed by atoms with Gasteiger partial charge in [-0.25, -0.2) is 4.98 Å². The van der Waals surface area contributed by atoms with Crippen molar-refractivity contribution in [3.8, 4) is 0 Å². The Morgan fingerprint density at radius 1 is 1.57 bits per heavy atom. The zero-order valence-corrected chi connectivity index (χ0v) is 12.8. The van der Waals surface area contributed by atoms with Gasteiger partial charge in [0.25, 0.3) is 0 Å². The maximum atomic E-state index is 11.7. The van der Waals surface area contributed by atoms with Gasteiger partial charge in [0.2, 0.25) is 5.91 Å². The van der Waals surface area contributed by atoms with E-state index >= 15 is 0 Å². The number of halogens is 1. The lowest BCUT2D eigenvalue weighted by atomic mass is 10.2. The fraction of sp³-hybridized carbons (Fsp3) is 0.533. The number of imidazole rings is 1. The standard InChI is InChI=1S/C15H19ClN4O/c1-10(16)15-19-12-9-17-7-6-13(12)20(15)8-2-3-14(21)18-11-4-5-11/h6-7,9-11H,2-5,8H2,1H3,(H,18,21). The monoisotopic (exact) mass is 306 g/mol. The van der Waals surface area contributed by atoms with E-state index in [1.165, 1.54) is 0 Å². The summed E-state index contributed by atoms with van der Waals surface area (Å²) in [6.07, 6.45) is 7.06. The molecule has 0 aliphatic heterocycles. The molecule has 0 bridgehead atoms. The van der Waals surface area contributed by atoms with E-state index in [9.17, 15) is 4.79 Å². The van der Waals surface area contributed by atoms with E-state index < -0.39 is 0 Å². The summed E-state index contributed by atoms with van der Waals surface area (Å²) in [4.78, 5) is 20.4. The highest BCUT2D eigenvalue weighted by Gasteiger charge is 2.23. The minimum absolute atomic E-state index is 0.143. The molecule has 2 aromatic rings. The number of pyridine rings is 1. The SMILES string of the molecule is CC(Cl)c1nc2cnccc2n1CCCC(=O)NC1CC1. The highest BCUT2D eigenvalue weighted by molar-refractivity contribution is 6.20. The number of hydrogen-bond acceptors (Lipinski definition) is 3. The quantitative estimate of drug-likeness (QED) is 0.835. The van der Waals surface area contributed by atoms with Crippen molar-refractivity contribution < 1.29 is 4.79 Å². The van der Waals surface area contributed by atoms with Crippen LogP contribution in [0.5, 0.6) is 0 Å². The molecule has 1 saturated carbocycles. The van der Waals surface area contributed by atoms with Gasteiger partial charge < -0.3 is 9.88 Å². The van der Waals surface area contributed by atoms with Crippen molar-refractivity contribution in [3.63, 3.8) is 0 Å². The highest BCUT2D eigenvalue weighted by Crippen LogP contribution is 2.24. The molecule has 1 aliphatic carbocycles. The first kappa shape index (κ1) is 14.3. The molecule has 1 amide bonds. The molecule has 2 heterocycles. The average Bonchev–Trinajstić information content (AvgIpc) is 3.18. The van der Waals surface area contributed by atoms with Gasteiger partial charge >= 0.3 is 0 Å². The van der Waals surface area contributed by atoms with Crippen LogP contribution >= 0.6 is 11.6 Å². The Hall–Kier alpha value is -1.62. The number of rotatable bonds is 6. The van der Waals surface area contributed by atoms with Crippen LogP contribution in [0.25, 0.3) is 11.0 Å². The third-order valence-electron chi connectivity index (χ3n) is 3.66. The van der Waals surface area contributed by atoms with Crippen LogP contribution in [0.3, 0.4) is 0 Å². The third-order valence-corrected chi connectivity index (χ3v) is 3.86. The molecule has 1 fully saturated rings. The number of carbonyl (C=O) groups excluding carboxylic acids is 1. The van der Waals surface area contributed by atoms with Gasteiger partial charge in [-0.15, -0.1) is 11.6 Å². The van der Waals surface area contributed by atoms with E-state index in [4.69, 9.17) is 11.6 Å². The Bertz CT molecular complexity index is 648. The second-order valence-electron chi connectivity index (χ2n) is 5.55. The molecule has 112 valence electrons. The van der Waals surface area contributed by atoms with Crippen molar-refractivity contribution in [2.75, 3.05) is 0 Å². The normalized spacial score (nSPS) is 16.1. The van der Waals surface area contributed by atoms with E-state index in [1.54, 1.807) is 12.4 Å². The lowest BCUT2D eigenvalue weighted by Gasteiger charge is -2.10. The maximum absolute atomic E-state index is 11.7. The first-order valence-corrected chi connectivity index (χ1v) is 7.82. The molecule has 0 aromatic carbocycles. The third kappa shape index (κ3) is 3.35. The maximum Gasteiger partial charge on any atom is 0.220 e. The lowest BCUT2D eigenvalue weighted by Crippen LogP contribution is -2.25. The topological polar surface area (TPSA) is 59.8 Å². The molecule has 0 spiro atoms. The van der Waals surface area contributed by atoms with Crippen LogP contribution in [0.15, 0.2) is 18.5 Å². The lowest BCUT2D eigenvalue weighted by molar-refractivity contribution is -0.121. The molecular weight excluding hydrogens is 288 g/mol. The smallest absolute Gasteiger partial charge is 0.220 e. The zero-order chi connectivity index (χ0) is 14.8. The molecule has 3 rings (SSSR count). The minimum atomic E-state index is -0.169. The van der Waals surface area contributed by atoms with Gasteiger partial charge in [-0.1, -0.05) is 0 Å². The van der Waals surface area contributed by atoms with Crippen molar-refractivity contribution in [2.45, 2.75) is 50.6 Å². The fourth-order valence-electron chi connectivity index (χ4n) is 2.46. The number of aromatic nitrogens is 3. The van der Waals surface area contributed by atoms with Gasteiger partial charge in [-0.2, -0.15) is 0 Å². The Labute approximate surface area is 128 Å². The molecule has 2 aromatic heterocycles. The van der Waals surface area contributed by atoms with Crippen molar-refractivity contribution >= 4 is 28.5 Å². The molecule has 1 unspecified atom stereocenters. The van der Waals surface area contributed by atoms with E-state index in [-0.39, 0.29) is 11.3 Å². The van der Waals surface area contributed by atoms with Crippen LogP contribution in [-0.2, 0) is 11.3 Å². The highest BCUT2D eigenvalue weighted by atomic mass is 35.5. The van der Waals surface area contributed by atoms with Crippen LogP contribution < -0.4 is 5.32 Å². The number of hydrogen-bond donors (Lipinski definition) is 1. The van der Waals surface area contributed by atoms with E-state index in [0.717, 1.165) is 42.7 Å². The van der Waals surface area contributed by atoms with Gasteiger partial charge in [0.15, 0.2) is 0 Å². The molecule has 1 aliphatic rings. The molecule has 5 nitrogen and oxygen atoms in total. The summed E-state index contributed by atoms with van der Waals surface area (Å²) < 4.78 is 2.10. The zero-order valence-electron chi connectivity index (χ0n) is 12.1. The van der Waals surface area contributed by atoms with Crippen molar-refractivity contribution in [1.29, 1.82) is 0 Å². The van der Waals surface area contributed by atoms with Gasteiger partial charge in [0, 0.05) is 25.2 Å². The number of amides is 1. The number of alkyl halides is 1. The number of fused-ring (bicyclic) bond motifs is 1. The van der Waals surface area contributed by atoms with Crippen molar-refractivity contribution in [1.82, 2.24) is 19.9 Å². The van der Waals surface area contributed by atoms with Crippen LogP contribution in [-0.4, -0.2) is 26.5 Å². The van der Waals surface area contributed by atoms with E-state index in [0.29, 0.717) is 12.5 Å². The second kappa shape index (κ2) is 6.02. The molecule has 21 heavy (non-hydrogen) atoms. The summed E-state index contributed by atoms with van der Waals surface area (Å²) in [5.74, 6) is 0.978. The Balaban J connectivity index is 1.69. The Morgan fingerprint density at radius 3 is 3.10 bits per heavy atom. The predicted molar refractivity (Wildman–Crippen MR) is 82.2 cm³/mol. The second-order valence-corrected chi connectivity index (χ2v) is 6.20. The van der Waals surface area contributed by atoms with Crippen LogP contribution in [0.4, 0.5) is 0 Å². The predicted octanol–water partition coefficient (Wildman–Crippen LogP) is 2.79. The fourth-order valence-corrected chi connectivity index (χ4v) is 2.63. The summed E-state index contributed by atoms with van der Waals surface area (Å²) in [5.41, 5.74) is 1.87. The largest absolute Gasteiger partial charge is 0.353 e. The van der Waals surface area contributed by atoms with Crippen LogP contribution in [0.1, 0.15) is 43.8 Å². The summed E-state index contributed by atoms with van der Waals surface area (Å²) in [6.45, 7) is 2.65. The molecule has 0 saturated heterocycles. The van der Waals surface area contributed by atoms with Crippen molar-refractivity contribution in [3.05, 3.63) is 24.3 Å². The molecule has 0 radical (unpaired) electrons. The van der Waals surface area contributed by atoms with Crippen LogP contribution in [0, 0.1) is 0 Å². The Morgan fingerprint density at radius 2 is 2.38 bits per heavy atom. The summed E-state index contributed by atoms with van der Waals surface area (Å²) >= 11 is 6.22. The first-order chi connectivity index (χ1) is 10.1. The van der Waals surface area contributed by atoms with Gasteiger partial charge in [-0.05, 0) is 32.3 Å². The Kier molecular flexibility index (Phi) is 4.10. The van der Waals surface area contributed by atoms with Gasteiger partial charge in [-0.3, -0.25) is 9.78 Å². The number of carbonyl (C=O) groups is 1. The number of nitrogens with one attached hydrogen (secondary N) is 1. The minimum Gasteiger partial charge on any atom is -0.353 e. The molecule has 1 N–H and O–H groups in total. The van der Waals surface area contributed by atoms with Gasteiger partial charge in [0.1, 0.15) is 11.3 Å². The average molecular weight is 307 g/mol. The molecule has 1 atom stereocenters. The number of aryl methyl sites for hydroxylation is 1. The van der Waals surface area contributed by atoms with E-state index in [2.05, 4.69) is 19.9 Å². The number of nitrogens with zero attached hydrogens (tertiary/aromatic N) is 3. The molecule has 6 heteroatoms. The van der Waals surface area contributed by atoms with E-state index in [1.807, 2.05) is 13.0 Å². The van der Waals surface area contributed by atoms with Gasteiger partial charge in [0.05, 0.1) is 17.1 Å². The van der Waals surface area contributed by atoms with Crippen LogP contribution in [0.2, 0.25) is 0 Å². The summed E-state index contributed by atoms with van der Waals surface area (Å²) in [7, 11) is 0. The van der Waals surface area contributed by atoms with Crippen molar-refractivity contribution in [2.24, 2.45) is 0 Å². The molecular formula is C15H19ClN4O. The summed E-state index contributed by atoms with van der Waals surface area (Å²) in [6, 6.07) is 2.37. The first-order valence-electron chi connectivity index (χ1n) is 7.38.